The van der Waals surface area contributed by atoms with Gasteiger partial charge in [-0.25, -0.2) is 0 Å². The number of hydrogen-bond acceptors (Lipinski definition) is 5. The summed E-state index contributed by atoms with van der Waals surface area (Å²) >= 11 is 1.41. The van der Waals surface area contributed by atoms with Crippen LogP contribution in [0.15, 0.2) is 35.7 Å². The predicted octanol–water partition coefficient (Wildman–Crippen LogP) is 3.64. The van der Waals surface area contributed by atoms with Gasteiger partial charge in [0, 0.05) is 6.54 Å². The van der Waals surface area contributed by atoms with Crippen LogP contribution in [0, 0.1) is 0 Å². The summed E-state index contributed by atoms with van der Waals surface area (Å²) in [7, 11) is 3.17. The van der Waals surface area contributed by atoms with Gasteiger partial charge in [-0.3, -0.25) is 9.59 Å². The SMILES string of the molecule is COc1ccc(C(C)NC(=O)C2CCCCN2C(=O)c2cccs2)cc1OC. The van der Waals surface area contributed by atoms with E-state index in [9.17, 15) is 9.59 Å². The first-order valence-corrected chi connectivity index (χ1v) is 10.3. The summed E-state index contributed by atoms with van der Waals surface area (Å²) < 4.78 is 10.6. The van der Waals surface area contributed by atoms with Crippen LogP contribution in [0.1, 0.15) is 47.5 Å². The Balaban J connectivity index is 1.72. The standard InChI is InChI=1S/C21H26N2O4S/c1-14(15-9-10-17(26-2)18(13-15)27-3)22-20(24)16-7-4-5-11-23(16)21(25)19-8-6-12-28-19/h6,8-10,12-14,16H,4-5,7,11H2,1-3H3,(H,22,24). The molecule has 6 nitrogen and oxygen atoms in total. The van der Waals surface area contributed by atoms with Crippen LogP contribution >= 0.6 is 11.3 Å². The first kappa shape index (κ1) is 20.2. The van der Waals surface area contributed by atoms with E-state index in [1.165, 1.54) is 11.3 Å². The molecule has 1 aliphatic heterocycles. The van der Waals surface area contributed by atoms with Crippen molar-refractivity contribution in [2.75, 3.05) is 20.8 Å². The van der Waals surface area contributed by atoms with Gasteiger partial charge in [0.15, 0.2) is 11.5 Å². The predicted molar refractivity (Wildman–Crippen MR) is 109 cm³/mol. The van der Waals surface area contributed by atoms with E-state index in [0.717, 1.165) is 18.4 Å². The number of nitrogens with one attached hydrogen (secondary N) is 1. The molecule has 1 N–H and O–H groups in total. The second-order valence-corrected chi connectivity index (χ2v) is 7.78. The van der Waals surface area contributed by atoms with E-state index in [1.54, 1.807) is 19.1 Å². The van der Waals surface area contributed by atoms with Crippen molar-refractivity contribution in [3.05, 3.63) is 46.2 Å². The number of likely N-dealkylation sites (tertiary alicyclic amines) is 1. The maximum Gasteiger partial charge on any atom is 0.264 e. The number of piperidine rings is 1. The van der Waals surface area contributed by atoms with Crippen molar-refractivity contribution in [2.24, 2.45) is 0 Å². The molecule has 0 radical (unpaired) electrons. The zero-order valence-corrected chi connectivity index (χ0v) is 17.3. The number of carbonyl (C=O) groups excluding carboxylic acids is 2. The topological polar surface area (TPSA) is 67.9 Å². The van der Waals surface area contributed by atoms with Crippen molar-refractivity contribution in [1.29, 1.82) is 0 Å². The molecule has 0 aliphatic carbocycles. The summed E-state index contributed by atoms with van der Waals surface area (Å²) in [5, 5.41) is 4.94. The first-order chi connectivity index (χ1) is 13.5. The Hall–Kier alpha value is -2.54. The summed E-state index contributed by atoms with van der Waals surface area (Å²) in [5.41, 5.74) is 0.915. The summed E-state index contributed by atoms with van der Waals surface area (Å²) in [6.45, 7) is 2.53. The minimum absolute atomic E-state index is 0.0615. The lowest BCUT2D eigenvalue weighted by Crippen LogP contribution is -2.52. The molecule has 1 fully saturated rings. The zero-order chi connectivity index (χ0) is 20.1. The fourth-order valence-corrected chi connectivity index (χ4v) is 4.18. The maximum absolute atomic E-state index is 13.0. The highest BCUT2D eigenvalue weighted by Gasteiger charge is 2.33. The molecule has 1 aliphatic rings. The third-order valence-corrected chi connectivity index (χ3v) is 5.92. The molecule has 2 atom stereocenters. The minimum atomic E-state index is -0.439. The molecule has 0 spiro atoms. The van der Waals surface area contributed by atoms with Crippen LogP contribution < -0.4 is 14.8 Å². The van der Waals surface area contributed by atoms with Crippen LogP contribution in [0.5, 0.6) is 11.5 Å². The van der Waals surface area contributed by atoms with Gasteiger partial charge in [0.1, 0.15) is 6.04 Å². The molecular formula is C21H26N2O4S. The molecule has 1 aromatic heterocycles. The summed E-state index contributed by atoms with van der Waals surface area (Å²) in [6, 6.07) is 8.60. The molecule has 0 bridgehead atoms. The summed E-state index contributed by atoms with van der Waals surface area (Å²) in [6.07, 6.45) is 2.55. The van der Waals surface area contributed by atoms with Crippen LogP contribution in [0.3, 0.4) is 0 Å². The molecule has 28 heavy (non-hydrogen) atoms. The lowest BCUT2D eigenvalue weighted by molar-refractivity contribution is -0.127. The quantitative estimate of drug-likeness (QED) is 0.801. The summed E-state index contributed by atoms with van der Waals surface area (Å²) in [5.74, 6) is 1.08. The molecule has 2 heterocycles. The first-order valence-electron chi connectivity index (χ1n) is 9.42. The molecule has 2 amide bonds. The average Bonchev–Trinajstić information content (AvgIpc) is 3.27. The van der Waals surface area contributed by atoms with E-state index in [-0.39, 0.29) is 17.9 Å². The smallest absolute Gasteiger partial charge is 0.264 e. The number of benzene rings is 1. The lowest BCUT2D eigenvalue weighted by atomic mass is 10.00. The van der Waals surface area contributed by atoms with Crippen molar-refractivity contribution in [2.45, 2.75) is 38.3 Å². The Labute approximate surface area is 169 Å². The molecule has 3 rings (SSSR count). The largest absolute Gasteiger partial charge is 0.493 e. The van der Waals surface area contributed by atoms with Gasteiger partial charge in [-0.15, -0.1) is 11.3 Å². The fraction of sp³-hybridized carbons (Fsp3) is 0.429. The number of rotatable bonds is 6. The highest BCUT2D eigenvalue weighted by atomic mass is 32.1. The van der Waals surface area contributed by atoms with Crippen molar-refractivity contribution in [3.8, 4) is 11.5 Å². The zero-order valence-electron chi connectivity index (χ0n) is 16.4. The minimum Gasteiger partial charge on any atom is -0.493 e. The Kier molecular flexibility index (Phi) is 6.57. The highest BCUT2D eigenvalue weighted by molar-refractivity contribution is 7.12. The fourth-order valence-electron chi connectivity index (χ4n) is 3.50. The maximum atomic E-state index is 13.0. The van der Waals surface area contributed by atoms with Crippen LogP contribution in [0.2, 0.25) is 0 Å². The Morgan fingerprint density at radius 1 is 1.18 bits per heavy atom. The molecule has 7 heteroatoms. The molecule has 1 saturated heterocycles. The third-order valence-electron chi connectivity index (χ3n) is 5.06. The molecule has 2 unspecified atom stereocenters. The average molecular weight is 403 g/mol. The number of amides is 2. The van der Waals surface area contributed by atoms with Gasteiger partial charge >= 0.3 is 0 Å². The van der Waals surface area contributed by atoms with Gasteiger partial charge in [-0.2, -0.15) is 0 Å². The molecule has 1 aromatic carbocycles. The highest BCUT2D eigenvalue weighted by Crippen LogP contribution is 2.30. The van der Waals surface area contributed by atoms with E-state index in [4.69, 9.17) is 9.47 Å². The number of thiophene rings is 1. The van der Waals surface area contributed by atoms with Gasteiger partial charge in [0.25, 0.3) is 5.91 Å². The third kappa shape index (κ3) is 4.30. The van der Waals surface area contributed by atoms with Gasteiger partial charge in [0.05, 0.1) is 25.1 Å². The molecular weight excluding hydrogens is 376 g/mol. The second kappa shape index (κ2) is 9.10. The van der Waals surface area contributed by atoms with Crippen molar-refractivity contribution in [1.82, 2.24) is 10.2 Å². The molecule has 150 valence electrons. The van der Waals surface area contributed by atoms with Crippen LogP contribution in [-0.2, 0) is 4.79 Å². The number of nitrogens with zero attached hydrogens (tertiary/aromatic N) is 1. The Morgan fingerprint density at radius 3 is 2.64 bits per heavy atom. The van der Waals surface area contributed by atoms with Gasteiger partial charge < -0.3 is 19.7 Å². The monoisotopic (exact) mass is 402 g/mol. The Morgan fingerprint density at radius 2 is 1.96 bits per heavy atom. The normalized spacial score (nSPS) is 17.7. The van der Waals surface area contributed by atoms with Crippen LogP contribution in [0.25, 0.3) is 0 Å². The molecule has 2 aromatic rings. The van der Waals surface area contributed by atoms with E-state index in [0.29, 0.717) is 29.3 Å². The molecule has 0 saturated carbocycles. The van der Waals surface area contributed by atoms with Crippen LogP contribution in [0.4, 0.5) is 0 Å². The summed E-state index contributed by atoms with van der Waals surface area (Å²) in [4.78, 5) is 28.2. The van der Waals surface area contributed by atoms with Crippen molar-refractivity contribution < 1.29 is 19.1 Å². The van der Waals surface area contributed by atoms with E-state index in [1.807, 2.05) is 42.6 Å². The number of methoxy groups -OCH3 is 2. The van der Waals surface area contributed by atoms with Crippen molar-refractivity contribution in [3.63, 3.8) is 0 Å². The Bertz CT molecular complexity index is 822. The number of carbonyl (C=O) groups is 2. The van der Waals surface area contributed by atoms with E-state index in [2.05, 4.69) is 5.32 Å². The number of ether oxygens (including phenoxy) is 2. The van der Waals surface area contributed by atoms with Gasteiger partial charge in [-0.1, -0.05) is 12.1 Å². The van der Waals surface area contributed by atoms with Crippen molar-refractivity contribution >= 4 is 23.2 Å². The van der Waals surface area contributed by atoms with E-state index >= 15 is 0 Å². The number of hydrogen-bond donors (Lipinski definition) is 1. The van der Waals surface area contributed by atoms with E-state index < -0.39 is 6.04 Å². The lowest BCUT2D eigenvalue weighted by Gasteiger charge is -2.35. The van der Waals surface area contributed by atoms with Gasteiger partial charge in [-0.05, 0) is 55.3 Å². The second-order valence-electron chi connectivity index (χ2n) is 6.83. The van der Waals surface area contributed by atoms with Crippen LogP contribution in [-0.4, -0.2) is 43.5 Å². The van der Waals surface area contributed by atoms with Gasteiger partial charge in [0.2, 0.25) is 5.91 Å².